The van der Waals surface area contributed by atoms with Crippen molar-refractivity contribution < 1.29 is 17.6 Å². The van der Waals surface area contributed by atoms with Gasteiger partial charge in [0.15, 0.2) is 0 Å². The zero-order valence-corrected chi connectivity index (χ0v) is 17.5. The van der Waals surface area contributed by atoms with Crippen molar-refractivity contribution in [1.82, 2.24) is 24.3 Å². The Hall–Kier alpha value is -2.57. The lowest BCUT2D eigenvalue weighted by atomic mass is 9.99. The molecule has 10 nitrogen and oxygen atoms in total. The van der Waals surface area contributed by atoms with Gasteiger partial charge in [-0.2, -0.15) is 9.40 Å². The first-order chi connectivity index (χ1) is 13.8. The number of piperidine rings is 1. The molecule has 0 spiro atoms. The molecule has 29 heavy (non-hydrogen) atoms. The molecule has 1 aliphatic rings. The average molecular weight is 437 g/mol. The standard InChI is InChI=1S/C17H20N6O4S2/c1-11-9-13(21-22(11)2)16-19-20-17(27-16)18-15(24)12-5-3-7-23(10-12)29(25,26)14-6-4-8-28-14/h4,6,8-9,12H,3,5,7,10H2,1-2H3,(H,18,20,24)/t12-/m1/s1. The van der Waals surface area contributed by atoms with Crippen LogP contribution in [0.2, 0.25) is 0 Å². The van der Waals surface area contributed by atoms with E-state index in [0.717, 1.165) is 5.69 Å². The number of amides is 1. The molecule has 1 amide bonds. The summed E-state index contributed by atoms with van der Waals surface area (Å²) in [6.07, 6.45) is 1.19. The molecule has 4 rings (SSSR count). The van der Waals surface area contributed by atoms with Crippen LogP contribution in [-0.2, 0) is 21.9 Å². The third kappa shape index (κ3) is 3.95. The molecular weight excluding hydrogens is 416 g/mol. The minimum Gasteiger partial charge on any atom is -0.401 e. The molecule has 1 fully saturated rings. The van der Waals surface area contributed by atoms with Crippen molar-refractivity contribution in [2.24, 2.45) is 13.0 Å². The van der Waals surface area contributed by atoms with Gasteiger partial charge in [0.05, 0.1) is 5.92 Å². The van der Waals surface area contributed by atoms with Crippen molar-refractivity contribution in [2.75, 3.05) is 18.4 Å². The fourth-order valence-electron chi connectivity index (χ4n) is 3.16. The van der Waals surface area contributed by atoms with E-state index in [1.54, 1.807) is 35.3 Å². The lowest BCUT2D eigenvalue weighted by molar-refractivity contribution is -0.121. The summed E-state index contributed by atoms with van der Waals surface area (Å²) in [4.78, 5) is 12.7. The molecule has 12 heteroatoms. The molecule has 3 aromatic heterocycles. The van der Waals surface area contributed by atoms with Crippen molar-refractivity contribution in [3.05, 3.63) is 29.3 Å². The van der Waals surface area contributed by atoms with Crippen molar-refractivity contribution in [3.63, 3.8) is 0 Å². The molecule has 1 atom stereocenters. The van der Waals surface area contributed by atoms with Crippen molar-refractivity contribution in [1.29, 1.82) is 0 Å². The van der Waals surface area contributed by atoms with Crippen LogP contribution in [0, 0.1) is 12.8 Å². The first-order valence-corrected chi connectivity index (χ1v) is 11.4. The van der Waals surface area contributed by atoms with Gasteiger partial charge in [0.1, 0.15) is 9.90 Å². The SMILES string of the molecule is Cc1cc(-c2nnc(NC(=O)[C@@H]3CCCN(S(=O)(=O)c4cccs4)C3)o2)nn1C. The van der Waals surface area contributed by atoms with E-state index in [0.29, 0.717) is 25.1 Å². The first-order valence-electron chi connectivity index (χ1n) is 9.03. The quantitative estimate of drug-likeness (QED) is 0.648. The lowest BCUT2D eigenvalue weighted by Crippen LogP contribution is -2.43. The summed E-state index contributed by atoms with van der Waals surface area (Å²) in [7, 11) is -1.78. The Morgan fingerprint density at radius 2 is 2.21 bits per heavy atom. The topological polar surface area (TPSA) is 123 Å². The highest BCUT2D eigenvalue weighted by Gasteiger charge is 2.34. The monoisotopic (exact) mass is 436 g/mol. The molecule has 1 saturated heterocycles. The Bertz CT molecular complexity index is 1100. The van der Waals surface area contributed by atoms with Crippen LogP contribution in [0.4, 0.5) is 6.01 Å². The molecular formula is C17H20N6O4S2. The maximum Gasteiger partial charge on any atom is 0.322 e. The molecule has 0 bridgehead atoms. The van der Waals surface area contributed by atoms with Gasteiger partial charge in [-0.05, 0) is 37.3 Å². The zero-order chi connectivity index (χ0) is 20.6. The Kier molecular flexibility index (Phi) is 5.23. The smallest absolute Gasteiger partial charge is 0.322 e. The predicted octanol–water partition coefficient (Wildman–Crippen LogP) is 1.88. The van der Waals surface area contributed by atoms with Gasteiger partial charge >= 0.3 is 6.01 Å². The number of anilines is 1. The number of hydrogen-bond acceptors (Lipinski definition) is 8. The largest absolute Gasteiger partial charge is 0.401 e. The molecule has 154 valence electrons. The Balaban J connectivity index is 1.43. The Labute approximate surface area is 171 Å². The molecule has 3 aromatic rings. The summed E-state index contributed by atoms with van der Waals surface area (Å²) in [5.74, 6) is -0.635. The van der Waals surface area contributed by atoms with E-state index >= 15 is 0 Å². The van der Waals surface area contributed by atoms with Crippen LogP contribution in [0.3, 0.4) is 0 Å². The van der Waals surface area contributed by atoms with E-state index < -0.39 is 15.9 Å². The normalized spacial score (nSPS) is 18.1. The summed E-state index contributed by atoms with van der Waals surface area (Å²) < 4.78 is 34.3. The molecule has 4 heterocycles. The van der Waals surface area contributed by atoms with Gasteiger partial charge in [0, 0.05) is 25.8 Å². The van der Waals surface area contributed by atoms with Gasteiger partial charge < -0.3 is 4.42 Å². The number of nitrogens with zero attached hydrogens (tertiary/aromatic N) is 5. The van der Waals surface area contributed by atoms with E-state index in [1.807, 2.05) is 6.92 Å². The summed E-state index contributed by atoms with van der Waals surface area (Å²) in [6.45, 7) is 2.41. The number of hydrogen-bond donors (Lipinski definition) is 1. The van der Waals surface area contributed by atoms with Gasteiger partial charge in [0.2, 0.25) is 5.91 Å². The van der Waals surface area contributed by atoms with Gasteiger partial charge in [-0.1, -0.05) is 11.2 Å². The molecule has 1 N–H and O–H groups in total. The summed E-state index contributed by atoms with van der Waals surface area (Å²) in [5.41, 5.74) is 1.45. The Morgan fingerprint density at radius 1 is 1.38 bits per heavy atom. The number of carbonyl (C=O) groups excluding carboxylic acids is 1. The number of sulfonamides is 1. The zero-order valence-electron chi connectivity index (χ0n) is 15.9. The molecule has 0 aromatic carbocycles. The van der Waals surface area contributed by atoms with E-state index in [-0.39, 0.29) is 28.6 Å². The summed E-state index contributed by atoms with van der Waals surface area (Å²) in [6, 6.07) is 5.03. The van der Waals surface area contributed by atoms with Crippen LogP contribution < -0.4 is 5.32 Å². The van der Waals surface area contributed by atoms with Crippen LogP contribution in [0.25, 0.3) is 11.6 Å². The second kappa shape index (κ2) is 7.69. The van der Waals surface area contributed by atoms with E-state index in [1.165, 1.54) is 15.6 Å². The van der Waals surface area contributed by atoms with Gasteiger partial charge in [0.25, 0.3) is 15.9 Å². The maximum absolute atomic E-state index is 12.7. The lowest BCUT2D eigenvalue weighted by Gasteiger charge is -2.30. The molecule has 0 unspecified atom stereocenters. The van der Waals surface area contributed by atoms with Crippen molar-refractivity contribution in [3.8, 4) is 11.6 Å². The highest BCUT2D eigenvalue weighted by atomic mass is 32.2. The van der Waals surface area contributed by atoms with Crippen LogP contribution >= 0.6 is 11.3 Å². The van der Waals surface area contributed by atoms with Crippen LogP contribution in [0.15, 0.2) is 32.2 Å². The fraction of sp³-hybridized carbons (Fsp3) is 0.412. The number of nitrogens with one attached hydrogen (secondary N) is 1. The second-order valence-corrected chi connectivity index (χ2v) is 9.94. The average Bonchev–Trinajstić information content (AvgIpc) is 3.44. The van der Waals surface area contributed by atoms with Gasteiger partial charge in [-0.25, -0.2) is 8.42 Å². The first kappa shape index (κ1) is 19.7. The third-order valence-electron chi connectivity index (χ3n) is 4.83. The molecule has 0 saturated carbocycles. The maximum atomic E-state index is 12.7. The van der Waals surface area contributed by atoms with Crippen LogP contribution in [0.5, 0.6) is 0 Å². The van der Waals surface area contributed by atoms with Crippen LogP contribution in [0.1, 0.15) is 18.5 Å². The number of carbonyl (C=O) groups is 1. The number of aromatic nitrogens is 4. The number of aryl methyl sites for hydroxylation is 2. The fourth-order valence-corrected chi connectivity index (χ4v) is 5.83. The molecule has 0 radical (unpaired) electrons. The molecule has 0 aliphatic carbocycles. The minimum absolute atomic E-state index is 0.0356. The van der Waals surface area contributed by atoms with Gasteiger partial charge in [-0.3, -0.25) is 14.8 Å². The highest BCUT2D eigenvalue weighted by molar-refractivity contribution is 7.91. The van der Waals surface area contributed by atoms with Crippen molar-refractivity contribution >= 4 is 33.3 Å². The summed E-state index contributed by atoms with van der Waals surface area (Å²) in [5, 5.41) is 16.3. The number of thiophene rings is 1. The summed E-state index contributed by atoms with van der Waals surface area (Å²) >= 11 is 1.17. The van der Waals surface area contributed by atoms with Gasteiger partial charge in [-0.15, -0.1) is 16.4 Å². The van der Waals surface area contributed by atoms with Crippen LogP contribution in [-0.4, -0.2) is 51.7 Å². The van der Waals surface area contributed by atoms with E-state index in [9.17, 15) is 13.2 Å². The van der Waals surface area contributed by atoms with Crippen molar-refractivity contribution in [2.45, 2.75) is 24.0 Å². The number of rotatable bonds is 5. The second-order valence-electron chi connectivity index (χ2n) is 6.83. The highest BCUT2D eigenvalue weighted by Crippen LogP contribution is 2.27. The third-order valence-corrected chi connectivity index (χ3v) is 8.07. The van der Waals surface area contributed by atoms with E-state index in [4.69, 9.17) is 4.42 Å². The minimum atomic E-state index is -3.58. The van der Waals surface area contributed by atoms with E-state index in [2.05, 4.69) is 20.6 Å². The molecule has 1 aliphatic heterocycles. The Morgan fingerprint density at radius 3 is 2.90 bits per heavy atom. The predicted molar refractivity (Wildman–Crippen MR) is 106 cm³/mol.